The molecule has 3 rings (SSSR count). The van der Waals surface area contributed by atoms with E-state index in [9.17, 15) is 34.5 Å². The van der Waals surface area contributed by atoms with Crippen LogP contribution in [0.25, 0.3) is 0 Å². The Balaban J connectivity index is 2.16. The van der Waals surface area contributed by atoms with Crippen molar-refractivity contribution in [3.63, 3.8) is 0 Å². The van der Waals surface area contributed by atoms with Gasteiger partial charge in [0.15, 0.2) is 41.1 Å². The van der Waals surface area contributed by atoms with Crippen LogP contribution in [0.15, 0.2) is 15.0 Å². The number of fused-ring (bicyclic) bond motifs is 1. The van der Waals surface area contributed by atoms with Gasteiger partial charge in [-0.3, -0.25) is 29.1 Å². The average Bonchev–Trinajstić information content (AvgIpc) is 3.13. The van der Waals surface area contributed by atoms with Crippen molar-refractivity contribution < 1.29 is 39.2 Å². The van der Waals surface area contributed by atoms with E-state index in [0.29, 0.717) is 0 Å². The van der Waals surface area contributed by atoms with E-state index >= 15 is 0 Å². The van der Waals surface area contributed by atoms with Crippen molar-refractivity contribution in [3.05, 3.63) is 0 Å². The number of amides is 1. The van der Waals surface area contributed by atoms with E-state index in [1.807, 2.05) is 0 Å². The molecule has 13 nitrogen and oxygen atoms in total. The summed E-state index contributed by atoms with van der Waals surface area (Å²) in [5.74, 6) is -4.45. The molecule has 13 heteroatoms. The number of guanidine groups is 1. The van der Waals surface area contributed by atoms with E-state index in [1.165, 1.54) is 0 Å². The van der Waals surface area contributed by atoms with Crippen LogP contribution < -0.4 is 5.73 Å². The molecule has 3 heterocycles. The number of rotatable bonds is 5. The molecule has 0 saturated carbocycles. The van der Waals surface area contributed by atoms with E-state index in [2.05, 4.69) is 15.0 Å². The molecule has 3 aliphatic rings. The molecule has 0 aromatic rings. The zero-order chi connectivity index (χ0) is 21.9. The maximum Gasteiger partial charge on any atom is 0.281 e. The highest BCUT2D eigenvalue weighted by atomic mass is 16.6. The van der Waals surface area contributed by atoms with Crippen LogP contribution in [0.4, 0.5) is 0 Å². The van der Waals surface area contributed by atoms with Gasteiger partial charge in [0.05, 0.1) is 6.34 Å². The number of Topliss-reactive ketones (excluding diaryl/α,β-unsaturated/α-hetero) is 3. The maximum atomic E-state index is 12.4. The predicted molar refractivity (Wildman–Crippen MR) is 94.8 cm³/mol. The van der Waals surface area contributed by atoms with Gasteiger partial charge in [-0.25, -0.2) is 0 Å². The van der Waals surface area contributed by atoms with Crippen molar-refractivity contribution in [3.8, 4) is 0 Å². The highest BCUT2D eigenvalue weighted by molar-refractivity contribution is 6.22. The molecule has 2 unspecified atom stereocenters. The predicted octanol–water partition coefficient (Wildman–Crippen LogP) is -3.73. The summed E-state index contributed by atoms with van der Waals surface area (Å²) in [5, 5.41) is 32.5. The van der Waals surface area contributed by atoms with Crippen molar-refractivity contribution in [1.29, 1.82) is 0 Å². The second kappa shape index (κ2) is 6.59. The highest BCUT2D eigenvalue weighted by Gasteiger charge is 2.74. The first-order valence-corrected chi connectivity index (χ1v) is 8.46. The Kier molecular flexibility index (Phi) is 4.74. The van der Waals surface area contributed by atoms with E-state index in [-0.39, 0.29) is 5.84 Å². The average molecular weight is 409 g/mol. The van der Waals surface area contributed by atoms with Gasteiger partial charge in [0.1, 0.15) is 12.2 Å². The molecular weight excluding hydrogens is 390 g/mol. The van der Waals surface area contributed by atoms with Crippen molar-refractivity contribution in [2.24, 2.45) is 20.7 Å². The minimum Gasteiger partial charge on any atom is -0.382 e. The van der Waals surface area contributed by atoms with Gasteiger partial charge in [-0.15, -0.1) is 0 Å². The quantitative estimate of drug-likeness (QED) is 0.349. The Morgan fingerprint density at radius 2 is 1.76 bits per heavy atom. The smallest absolute Gasteiger partial charge is 0.281 e. The lowest BCUT2D eigenvalue weighted by molar-refractivity contribution is -0.183. The molecule has 6 atom stereocenters. The SMILES string of the molecule is CC(=O)C(O)[C@H]1O[C@@H](N2C=NC3C(=O)N=C(N)N=C32)[C@@](O)(C(C)=O)[C@@]1(O)C(C)=O. The Labute approximate surface area is 163 Å². The third kappa shape index (κ3) is 2.66. The minimum absolute atomic E-state index is 0.170. The van der Waals surface area contributed by atoms with Gasteiger partial charge >= 0.3 is 0 Å². The first-order chi connectivity index (χ1) is 13.4. The summed E-state index contributed by atoms with van der Waals surface area (Å²) in [6.07, 6.45) is -4.90. The molecule has 0 bridgehead atoms. The number of nitrogens with two attached hydrogens (primary N) is 1. The number of amidine groups is 1. The number of aliphatic hydroxyl groups excluding tert-OH is 1. The van der Waals surface area contributed by atoms with Crippen LogP contribution in [0.3, 0.4) is 0 Å². The summed E-state index contributed by atoms with van der Waals surface area (Å²) in [7, 11) is 0. The van der Waals surface area contributed by atoms with Crippen LogP contribution in [0, 0.1) is 0 Å². The lowest BCUT2D eigenvalue weighted by Crippen LogP contribution is -2.70. The number of hydrogen-bond donors (Lipinski definition) is 4. The van der Waals surface area contributed by atoms with E-state index in [1.54, 1.807) is 0 Å². The van der Waals surface area contributed by atoms with Crippen LogP contribution in [0.2, 0.25) is 0 Å². The molecule has 0 aromatic heterocycles. The summed E-state index contributed by atoms with van der Waals surface area (Å²) in [6.45, 7) is 2.73. The molecule has 156 valence electrons. The molecule has 0 spiro atoms. The van der Waals surface area contributed by atoms with Crippen molar-refractivity contribution in [1.82, 2.24) is 4.90 Å². The summed E-state index contributed by atoms with van der Waals surface area (Å²) < 4.78 is 5.49. The fourth-order valence-corrected chi connectivity index (χ4v) is 3.63. The third-order valence-corrected chi connectivity index (χ3v) is 5.19. The van der Waals surface area contributed by atoms with Crippen LogP contribution in [0.1, 0.15) is 20.8 Å². The van der Waals surface area contributed by atoms with Crippen LogP contribution in [-0.4, -0.2) is 97.3 Å². The van der Waals surface area contributed by atoms with Gasteiger partial charge in [-0.1, -0.05) is 0 Å². The Bertz CT molecular complexity index is 913. The zero-order valence-electron chi connectivity index (χ0n) is 15.6. The fraction of sp³-hybridized carbons (Fsp3) is 0.562. The zero-order valence-corrected chi connectivity index (χ0v) is 15.6. The van der Waals surface area contributed by atoms with Gasteiger partial charge < -0.3 is 25.8 Å². The van der Waals surface area contributed by atoms with Crippen LogP contribution in [-0.2, 0) is 23.9 Å². The van der Waals surface area contributed by atoms with Crippen molar-refractivity contribution in [2.75, 3.05) is 0 Å². The first kappa shape index (κ1) is 20.9. The fourth-order valence-electron chi connectivity index (χ4n) is 3.63. The molecule has 1 amide bonds. The summed E-state index contributed by atoms with van der Waals surface area (Å²) in [4.78, 5) is 60.6. The number of carbonyl (C=O) groups is 4. The number of hydrogen-bond acceptors (Lipinski definition) is 12. The Hall–Kier alpha value is -2.87. The molecule has 5 N–H and O–H groups in total. The molecule has 3 aliphatic heterocycles. The number of ether oxygens (including phenoxy) is 1. The molecule has 0 radical (unpaired) electrons. The van der Waals surface area contributed by atoms with Crippen LogP contribution in [0.5, 0.6) is 0 Å². The minimum atomic E-state index is -2.99. The van der Waals surface area contributed by atoms with Gasteiger partial charge in [-0.05, 0) is 20.8 Å². The lowest BCUT2D eigenvalue weighted by Gasteiger charge is -2.39. The summed E-state index contributed by atoms with van der Waals surface area (Å²) >= 11 is 0. The number of carbonyl (C=O) groups excluding carboxylic acids is 4. The van der Waals surface area contributed by atoms with Gasteiger partial charge in [0.25, 0.3) is 5.91 Å². The van der Waals surface area contributed by atoms with Crippen LogP contribution >= 0.6 is 0 Å². The van der Waals surface area contributed by atoms with Gasteiger partial charge in [-0.2, -0.15) is 9.98 Å². The summed E-state index contributed by atoms with van der Waals surface area (Å²) in [5.41, 5.74) is -0.448. The molecule has 0 aromatic carbocycles. The maximum absolute atomic E-state index is 12.4. The number of ketones is 3. The molecule has 0 aliphatic carbocycles. The number of aliphatic imine (C=N–C) groups is 3. The lowest BCUT2D eigenvalue weighted by atomic mass is 9.73. The molecule has 29 heavy (non-hydrogen) atoms. The molecular formula is C16H19N5O8. The van der Waals surface area contributed by atoms with E-state index in [4.69, 9.17) is 10.5 Å². The topological polar surface area (TPSA) is 205 Å². The van der Waals surface area contributed by atoms with Crippen molar-refractivity contribution >= 4 is 41.4 Å². The second-order valence-electron chi connectivity index (χ2n) is 6.96. The molecule has 1 saturated heterocycles. The highest BCUT2D eigenvalue weighted by Crippen LogP contribution is 2.45. The second-order valence-corrected chi connectivity index (χ2v) is 6.96. The monoisotopic (exact) mass is 409 g/mol. The first-order valence-electron chi connectivity index (χ1n) is 8.46. The van der Waals surface area contributed by atoms with E-state index in [0.717, 1.165) is 32.0 Å². The number of nitrogens with zero attached hydrogens (tertiary/aromatic N) is 4. The van der Waals surface area contributed by atoms with Gasteiger partial charge in [0, 0.05) is 0 Å². The Morgan fingerprint density at radius 1 is 1.17 bits per heavy atom. The van der Waals surface area contributed by atoms with Gasteiger partial charge in [0.2, 0.25) is 11.6 Å². The standard InChI is InChI=1S/C16H19N5O8/c1-5(22)9(25)10-15(27,6(2)23)16(28,7(3)24)13(29-10)21-4-18-8-11(21)19-14(17)20-12(8)26/h4,8-10,13,25,27-28H,1-3H3,(H2,17,20,26)/t8?,9?,10-,13-,15-,16+/m1/s1. The third-order valence-electron chi connectivity index (χ3n) is 5.19. The molecule has 1 fully saturated rings. The largest absolute Gasteiger partial charge is 0.382 e. The van der Waals surface area contributed by atoms with Crippen molar-refractivity contribution in [2.45, 2.75) is 56.5 Å². The van der Waals surface area contributed by atoms with E-state index < -0.39 is 64.9 Å². The summed E-state index contributed by atoms with van der Waals surface area (Å²) in [6, 6.07) is -1.23. The Morgan fingerprint density at radius 3 is 2.28 bits per heavy atom. The number of aliphatic hydroxyl groups is 3. The normalized spacial score (nSPS) is 37.1.